The summed E-state index contributed by atoms with van der Waals surface area (Å²) in [5.74, 6) is -0.0495. The van der Waals surface area contributed by atoms with Gasteiger partial charge in [0.1, 0.15) is 0 Å². The van der Waals surface area contributed by atoms with Gasteiger partial charge >= 0.3 is 0 Å². The Morgan fingerprint density at radius 1 is 1.13 bits per heavy atom. The van der Waals surface area contributed by atoms with Crippen LogP contribution in [0.5, 0.6) is 0 Å². The van der Waals surface area contributed by atoms with Crippen LogP contribution in [0.15, 0.2) is 54.0 Å². The van der Waals surface area contributed by atoms with Crippen molar-refractivity contribution in [3.8, 4) is 11.4 Å². The van der Waals surface area contributed by atoms with Gasteiger partial charge in [0, 0.05) is 30.1 Å². The van der Waals surface area contributed by atoms with Crippen molar-refractivity contribution < 1.29 is 4.79 Å². The van der Waals surface area contributed by atoms with Gasteiger partial charge in [-0.1, -0.05) is 23.8 Å². The highest BCUT2D eigenvalue weighted by Crippen LogP contribution is 2.19. The molecule has 116 valence electrons. The van der Waals surface area contributed by atoms with Crippen molar-refractivity contribution in [2.45, 2.75) is 13.3 Å². The zero-order valence-corrected chi connectivity index (χ0v) is 13.6. The first-order valence-electron chi connectivity index (χ1n) is 7.43. The smallest absolute Gasteiger partial charge is 0.251 e. The van der Waals surface area contributed by atoms with E-state index in [-0.39, 0.29) is 5.91 Å². The van der Waals surface area contributed by atoms with Gasteiger partial charge in [0.05, 0.1) is 16.4 Å². The molecule has 3 aromatic rings. The number of carbonyl (C=O) groups is 1. The maximum absolute atomic E-state index is 12.0. The van der Waals surface area contributed by atoms with Crippen LogP contribution in [0.4, 0.5) is 0 Å². The first kappa shape index (κ1) is 15.4. The van der Waals surface area contributed by atoms with E-state index in [4.69, 9.17) is 0 Å². The van der Waals surface area contributed by atoms with Crippen molar-refractivity contribution in [1.82, 2.24) is 15.3 Å². The van der Waals surface area contributed by atoms with Gasteiger partial charge in [0.15, 0.2) is 0 Å². The number of pyridine rings is 1. The molecule has 5 heteroatoms. The highest BCUT2D eigenvalue weighted by atomic mass is 32.1. The largest absolute Gasteiger partial charge is 0.352 e. The number of nitrogens with zero attached hydrogens (tertiary/aromatic N) is 2. The van der Waals surface area contributed by atoms with Crippen LogP contribution in [0, 0.1) is 6.92 Å². The van der Waals surface area contributed by atoms with E-state index in [2.05, 4.69) is 15.3 Å². The number of hydrogen-bond acceptors (Lipinski definition) is 4. The molecule has 0 radical (unpaired) electrons. The SMILES string of the molecule is Cc1ccc(C(=O)NCCc2nc(-c3ccccn3)cs2)cc1. The fraction of sp³-hybridized carbons (Fsp3) is 0.167. The highest BCUT2D eigenvalue weighted by Gasteiger charge is 2.07. The van der Waals surface area contributed by atoms with Crippen LogP contribution in [0.3, 0.4) is 0 Å². The van der Waals surface area contributed by atoms with Crippen LogP contribution in [-0.4, -0.2) is 22.4 Å². The molecule has 0 aliphatic rings. The van der Waals surface area contributed by atoms with Gasteiger partial charge in [0.25, 0.3) is 5.91 Å². The Morgan fingerprint density at radius 2 is 1.96 bits per heavy atom. The Labute approximate surface area is 139 Å². The molecule has 0 saturated heterocycles. The third kappa shape index (κ3) is 4.02. The zero-order chi connectivity index (χ0) is 16.1. The molecule has 0 atom stereocenters. The number of aromatic nitrogens is 2. The topological polar surface area (TPSA) is 54.9 Å². The van der Waals surface area contributed by atoms with Crippen molar-refractivity contribution >= 4 is 17.2 Å². The Kier molecular flexibility index (Phi) is 4.78. The molecule has 0 bridgehead atoms. The molecule has 3 rings (SSSR count). The first-order valence-corrected chi connectivity index (χ1v) is 8.31. The van der Waals surface area contributed by atoms with Crippen molar-refractivity contribution in [3.05, 3.63) is 70.2 Å². The van der Waals surface area contributed by atoms with E-state index in [1.165, 1.54) is 0 Å². The summed E-state index contributed by atoms with van der Waals surface area (Å²) < 4.78 is 0. The molecule has 2 aromatic heterocycles. The molecule has 1 N–H and O–H groups in total. The molecule has 0 aliphatic heterocycles. The minimum Gasteiger partial charge on any atom is -0.352 e. The second-order valence-electron chi connectivity index (χ2n) is 5.21. The average molecular weight is 323 g/mol. The fourth-order valence-electron chi connectivity index (χ4n) is 2.15. The number of benzene rings is 1. The third-order valence-electron chi connectivity index (χ3n) is 3.42. The predicted molar refractivity (Wildman–Crippen MR) is 92.6 cm³/mol. The first-order chi connectivity index (χ1) is 11.2. The van der Waals surface area contributed by atoms with Crippen molar-refractivity contribution in [2.24, 2.45) is 0 Å². The van der Waals surface area contributed by atoms with Crippen LogP contribution in [0.2, 0.25) is 0 Å². The van der Waals surface area contributed by atoms with Gasteiger partial charge in [-0.05, 0) is 31.2 Å². The quantitative estimate of drug-likeness (QED) is 0.782. The van der Waals surface area contributed by atoms with Gasteiger partial charge in [-0.2, -0.15) is 0 Å². The lowest BCUT2D eigenvalue weighted by Gasteiger charge is -2.04. The van der Waals surface area contributed by atoms with Crippen molar-refractivity contribution in [1.29, 1.82) is 0 Å². The Morgan fingerprint density at radius 3 is 2.70 bits per heavy atom. The molecule has 0 unspecified atom stereocenters. The summed E-state index contributed by atoms with van der Waals surface area (Å²) in [6.07, 6.45) is 2.48. The van der Waals surface area contributed by atoms with E-state index in [1.807, 2.05) is 54.8 Å². The lowest BCUT2D eigenvalue weighted by Crippen LogP contribution is -2.25. The maximum atomic E-state index is 12.0. The monoisotopic (exact) mass is 323 g/mol. The van der Waals surface area contributed by atoms with Crippen LogP contribution in [0.25, 0.3) is 11.4 Å². The van der Waals surface area contributed by atoms with E-state index in [0.29, 0.717) is 12.1 Å². The number of nitrogens with one attached hydrogen (secondary N) is 1. The fourth-order valence-corrected chi connectivity index (χ4v) is 2.94. The molecule has 23 heavy (non-hydrogen) atoms. The van der Waals surface area contributed by atoms with Crippen LogP contribution < -0.4 is 5.32 Å². The number of amides is 1. The molecule has 0 saturated carbocycles. The maximum Gasteiger partial charge on any atom is 0.251 e. The van der Waals surface area contributed by atoms with E-state index in [1.54, 1.807) is 17.5 Å². The van der Waals surface area contributed by atoms with Crippen molar-refractivity contribution in [2.75, 3.05) is 6.54 Å². The lowest BCUT2D eigenvalue weighted by molar-refractivity contribution is 0.0954. The zero-order valence-electron chi connectivity index (χ0n) is 12.8. The molecule has 4 nitrogen and oxygen atoms in total. The minimum atomic E-state index is -0.0495. The average Bonchev–Trinajstić information content (AvgIpc) is 3.05. The molecule has 1 amide bonds. The Hall–Kier alpha value is -2.53. The molecular formula is C18H17N3OS. The molecule has 2 heterocycles. The van der Waals surface area contributed by atoms with Gasteiger partial charge < -0.3 is 5.32 Å². The highest BCUT2D eigenvalue weighted by molar-refractivity contribution is 7.09. The third-order valence-corrected chi connectivity index (χ3v) is 4.33. The molecule has 0 spiro atoms. The van der Waals surface area contributed by atoms with Gasteiger partial charge in [-0.15, -0.1) is 11.3 Å². The van der Waals surface area contributed by atoms with Crippen LogP contribution >= 0.6 is 11.3 Å². The Balaban J connectivity index is 1.54. The normalized spacial score (nSPS) is 10.5. The van der Waals surface area contributed by atoms with Gasteiger partial charge in [0.2, 0.25) is 0 Å². The van der Waals surface area contributed by atoms with E-state index >= 15 is 0 Å². The molecule has 0 fully saturated rings. The molecule has 0 aliphatic carbocycles. The second kappa shape index (κ2) is 7.15. The Bertz CT molecular complexity index is 782. The number of rotatable bonds is 5. The number of carbonyl (C=O) groups excluding carboxylic acids is 1. The lowest BCUT2D eigenvalue weighted by atomic mass is 10.1. The van der Waals surface area contributed by atoms with E-state index in [9.17, 15) is 4.79 Å². The summed E-state index contributed by atoms with van der Waals surface area (Å²) in [5.41, 5.74) is 3.59. The second-order valence-corrected chi connectivity index (χ2v) is 6.16. The van der Waals surface area contributed by atoms with E-state index in [0.717, 1.165) is 28.4 Å². The predicted octanol–water partition coefficient (Wildman–Crippen LogP) is 3.49. The van der Waals surface area contributed by atoms with E-state index < -0.39 is 0 Å². The summed E-state index contributed by atoms with van der Waals surface area (Å²) >= 11 is 1.59. The minimum absolute atomic E-state index is 0.0495. The summed E-state index contributed by atoms with van der Waals surface area (Å²) in [6, 6.07) is 13.3. The summed E-state index contributed by atoms with van der Waals surface area (Å²) in [5, 5.41) is 5.92. The van der Waals surface area contributed by atoms with Crippen LogP contribution in [0.1, 0.15) is 20.9 Å². The van der Waals surface area contributed by atoms with Gasteiger partial charge in [-0.25, -0.2) is 4.98 Å². The number of hydrogen-bond donors (Lipinski definition) is 1. The van der Waals surface area contributed by atoms with Gasteiger partial charge in [-0.3, -0.25) is 9.78 Å². The number of aryl methyl sites for hydroxylation is 1. The standard InChI is InChI=1S/C18H17N3OS/c1-13-5-7-14(8-6-13)18(22)20-11-9-17-21-16(12-23-17)15-4-2-3-10-19-15/h2-8,10,12H,9,11H2,1H3,(H,20,22). The van der Waals surface area contributed by atoms with Crippen LogP contribution in [-0.2, 0) is 6.42 Å². The summed E-state index contributed by atoms with van der Waals surface area (Å²) in [4.78, 5) is 20.9. The molecular weight excluding hydrogens is 306 g/mol. The summed E-state index contributed by atoms with van der Waals surface area (Å²) in [6.45, 7) is 2.57. The number of thiazole rings is 1. The summed E-state index contributed by atoms with van der Waals surface area (Å²) in [7, 11) is 0. The van der Waals surface area contributed by atoms with Crippen molar-refractivity contribution in [3.63, 3.8) is 0 Å². The molecule has 1 aromatic carbocycles.